The van der Waals surface area contributed by atoms with Crippen molar-refractivity contribution in [3.63, 3.8) is 0 Å². The van der Waals surface area contributed by atoms with Gasteiger partial charge in [0.15, 0.2) is 5.12 Å². The van der Waals surface area contributed by atoms with E-state index in [9.17, 15) is 18.8 Å². The maximum absolute atomic E-state index is 13.7. The Balaban J connectivity index is 1.47. The number of nitrogens with one attached hydrogen (secondary N) is 2. The van der Waals surface area contributed by atoms with Crippen molar-refractivity contribution in [2.24, 2.45) is 11.8 Å². The van der Waals surface area contributed by atoms with Gasteiger partial charge in [-0.05, 0) is 55.9 Å². The van der Waals surface area contributed by atoms with Crippen LogP contribution in [0.15, 0.2) is 48.8 Å². The largest absolute Gasteiger partial charge is 0.491 e. The van der Waals surface area contributed by atoms with Crippen molar-refractivity contribution >= 4 is 68.5 Å². The third kappa shape index (κ3) is 10.9. The van der Waals surface area contributed by atoms with E-state index in [2.05, 4.69) is 20.6 Å². The molecule has 1 aliphatic rings. The van der Waals surface area contributed by atoms with Gasteiger partial charge in [0.1, 0.15) is 30.3 Å². The molecular formula is C33H39ClFN5O5S. The average molecular weight is 672 g/mol. The summed E-state index contributed by atoms with van der Waals surface area (Å²) in [7, 11) is 0. The summed E-state index contributed by atoms with van der Waals surface area (Å²) in [4.78, 5) is 47.5. The van der Waals surface area contributed by atoms with Gasteiger partial charge >= 0.3 is 5.97 Å². The van der Waals surface area contributed by atoms with Gasteiger partial charge in [0.2, 0.25) is 5.91 Å². The number of ether oxygens (including phenoxy) is 2. The minimum atomic E-state index is -0.519. The van der Waals surface area contributed by atoms with Gasteiger partial charge in [0.05, 0.1) is 29.4 Å². The summed E-state index contributed by atoms with van der Waals surface area (Å²) in [6, 6.07) is 8.01. The summed E-state index contributed by atoms with van der Waals surface area (Å²) in [6.45, 7) is 6.73. The van der Waals surface area contributed by atoms with Crippen molar-refractivity contribution in [3.8, 4) is 5.75 Å². The molecule has 0 bridgehead atoms. The molecule has 3 aromatic rings. The molecule has 1 fully saturated rings. The van der Waals surface area contributed by atoms with Crippen LogP contribution in [-0.2, 0) is 19.1 Å². The number of fused-ring (bicyclic) bond motifs is 1. The summed E-state index contributed by atoms with van der Waals surface area (Å²) >= 11 is 7.13. The molecule has 2 N–H and O–H groups in total. The highest BCUT2D eigenvalue weighted by Gasteiger charge is 2.23. The maximum Gasteiger partial charge on any atom is 0.325 e. The molecule has 0 radical (unpaired) electrons. The van der Waals surface area contributed by atoms with Gasteiger partial charge in [-0.25, -0.2) is 14.4 Å². The topological polar surface area (TPSA) is 123 Å². The molecular weight excluding hydrogens is 633 g/mol. The minimum Gasteiger partial charge on any atom is -0.491 e. The number of rotatable bonds is 17. The normalized spacial score (nSPS) is 12.8. The fraction of sp³-hybridized carbons (Fsp3) is 0.424. The highest BCUT2D eigenvalue weighted by atomic mass is 35.5. The van der Waals surface area contributed by atoms with Crippen LogP contribution in [0.25, 0.3) is 10.9 Å². The van der Waals surface area contributed by atoms with Crippen molar-refractivity contribution in [1.29, 1.82) is 0 Å². The first-order chi connectivity index (χ1) is 22.1. The number of anilines is 3. The van der Waals surface area contributed by atoms with Gasteiger partial charge < -0.3 is 25.0 Å². The van der Waals surface area contributed by atoms with Crippen LogP contribution in [-0.4, -0.2) is 70.5 Å². The molecule has 0 atom stereocenters. The third-order valence-corrected chi connectivity index (χ3v) is 8.06. The Labute approximate surface area is 277 Å². The Hall–Kier alpha value is -3.90. The van der Waals surface area contributed by atoms with E-state index in [1.807, 2.05) is 26.0 Å². The Bertz CT molecular complexity index is 1570. The molecule has 13 heteroatoms. The van der Waals surface area contributed by atoms with Crippen LogP contribution in [0.4, 0.5) is 21.6 Å². The van der Waals surface area contributed by atoms with Crippen LogP contribution in [0.2, 0.25) is 5.02 Å². The third-order valence-electron chi connectivity index (χ3n) is 6.90. The van der Waals surface area contributed by atoms with Crippen molar-refractivity contribution < 1.29 is 28.2 Å². The zero-order chi connectivity index (χ0) is 33.1. The first-order valence-corrected chi connectivity index (χ1v) is 16.6. The summed E-state index contributed by atoms with van der Waals surface area (Å²) < 4.78 is 24.9. The lowest BCUT2D eigenvalue weighted by molar-refractivity contribution is -0.147. The van der Waals surface area contributed by atoms with E-state index in [0.717, 1.165) is 24.6 Å². The number of halogens is 2. The number of carbonyl (C=O) groups is 3. The van der Waals surface area contributed by atoms with Crippen molar-refractivity contribution in [1.82, 2.24) is 14.9 Å². The first kappa shape index (κ1) is 35.0. The predicted molar refractivity (Wildman–Crippen MR) is 180 cm³/mol. The molecule has 1 saturated carbocycles. The van der Waals surface area contributed by atoms with Gasteiger partial charge in [0, 0.05) is 48.5 Å². The van der Waals surface area contributed by atoms with Crippen molar-refractivity contribution in [2.45, 2.75) is 40.0 Å². The van der Waals surface area contributed by atoms with Crippen molar-refractivity contribution in [2.75, 3.05) is 49.2 Å². The summed E-state index contributed by atoms with van der Waals surface area (Å²) in [6.07, 6.45) is 7.20. The fourth-order valence-electron chi connectivity index (χ4n) is 4.37. The highest BCUT2D eigenvalue weighted by Crippen LogP contribution is 2.36. The van der Waals surface area contributed by atoms with Crippen LogP contribution >= 0.6 is 23.4 Å². The molecule has 46 heavy (non-hydrogen) atoms. The first-order valence-electron chi connectivity index (χ1n) is 15.3. The highest BCUT2D eigenvalue weighted by molar-refractivity contribution is 8.13. The number of aromatic nitrogens is 2. The van der Waals surface area contributed by atoms with E-state index in [4.69, 9.17) is 21.1 Å². The fourth-order valence-corrected chi connectivity index (χ4v) is 5.54. The van der Waals surface area contributed by atoms with E-state index in [1.54, 1.807) is 19.1 Å². The predicted octanol–water partition coefficient (Wildman–Crippen LogP) is 6.62. The van der Waals surface area contributed by atoms with E-state index < -0.39 is 11.8 Å². The molecule has 4 rings (SSSR count). The Morgan fingerprint density at radius 3 is 2.72 bits per heavy atom. The maximum atomic E-state index is 13.7. The molecule has 246 valence electrons. The molecule has 0 aliphatic heterocycles. The van der Waals surface area contributed by atoms with Crippen LogP contribution in [0.1, 0.15) is 40.0 Å². The molecule has 10 nitrogen and oxygen atoms in total. The minimum absolute atomic E-state index is 0.0120. The lowest BCUT2D eigenvalue weighted by Crippen LogP contribution is -2.37. The zero-order valence-electron chi connectivity index (χ0n) is 26.2. The number of hydrogen-bond acceptors (Lipinski definition) is 10. The second-order valence-corrected chi connectivity index (χ2v) is 12.8. The lowest BCUT2D eigenvalue weighted by atomic mass is 10.1. The van der Waals surface area contributed by atoms with Gasteiger partial charge in [0.25, 0.3) is 0 Å². The van der Waals surface area contributed by atoms with E-state index in [-0.39, 0.29) is 48.2 Å². The SMILES string of the molecule is CCOC(=O)CN(CCSC(=O)CC(C)C)C(=O)C=CCNc1cc2c(Nc3ccc(F)c(Cl)c3)ncnc2cc1OCC1CC1. The Morgan fingerprint density at radius 1 is 1.20 bits per heavy atom. The van der Waals surface area contributed by atoms with E-state index in [1.165, 1.54) is 29.4 Å². The number of benzene rings is 2. The van der Waals surface area contributed by atoms with Gasteiger partial charge in [-0.2, -0.15) is 0 Å². The molecule has 1 aliphatic carbocycles. The zero-order valence-corrected chi connectivity index (χ0v) is 27.8. The van der Waals surface area contributed by atoms with Crippen molar-refractivity contribution in [3.05, 3.63) is 59.7 Å². The van der Waals surface area contributed by atoms with E-state index in [0.29, 0.717) is 58.5 Å². The van der Waals surface area contributed by atoms with Crippen LogP contribution in [0, 0.1) is 17.7 Å². The van der Waals surface area contributed by atoms with Gasteiger partial charge in [-0.1, -0.05) is 43.3 Å². The molecule has 0 spiro atoms. The average Bonchev–Trinajstić information content (AvgIpc) is 3.84. The number of hydrogen-bond donors (Lipinski definition) is 2. The standard InChI is InChI=1S/C33H39ClFN5O5S/c1-4-44-31(42)18-40(12-13-46-32(43)14-21(2)3)30(41)6-5-11-36-28-16-24-27(17-29(28)45-19-22-7-8-22)37-20-38-33(24)39-23-9-10-26(35)25(34)15-23/h5-6,9-10,15-17,20-22,36H,4,7-8,11-14,18-19H2,1-3H3,(H,37,38,39). The second kappa shape index (κ2) is 17.1. The second-order valence-electron chi connectivity index (χ2n) is 11.3. The number of esters is 1. The number of nitrogens with zero attached hydrogens (tertiary/aromatic N) is 3. The summed E-state index contributed by atoms with van der Waals surface area (Å²) in [5.41, 5.74) is 1.88. The molecule has 1 heterocycles. The van der Waals surface area contributed by atoms with Gasteiger partial charge in [-0.3, -0.25) is 14.4 Å². The van der Waals surface area contributed by atoms with Gasteiger partial charge in [-0.15, -0.1) is 0 Å². The lowest BCUT2D eigenvalue weighted by Gasteiger charge is -2.20. The quantitative estimate of drug-likeness (QED) is 0.120. The van der Waals surface area contributed by atoms with E-state index >= 15 is 0 Å². The Morgan fingerprint density at radius 2 is 2.00 bits per heavy atom. The summed E-state index contributed by atoms with van der Waals surface area (Å²) in [5, 5.41) is 7.22. The van der Waals surface area contributed by atoms with Crippen LogP contribution in [0.5, 0.6) is 5.75 Å². The molecule has 1 amide bonds. The molecule has 2 aromatic carbocycles. The number of carbonyl (C=O) groups excluding carboxylic acids is 3. The molecule has 0 unspecified atom stereocenters. The monoisotopic (exact) mass is 671 g/mol. The molecule has 0 saturated heterocycles. The molecule has 1 aromatic heterocycles. The number of amides is 1. The summed E-state index contributed by atoms with van der Waals surface area (Å²) in [5.74, 6) is 0.863. The smallest absolute Gasteiger partial charge is 0.325 e. The Kier molecular flexibility index (Phi) is 13.0. The van der Waals surface area contributed by atoms with Crippen LogP contribution < -0.4 is 15.4 Å². The number of thioether (sulfide) groups is 1. The van der Waals surface area contributed by atoms with Crippen LogP contribution in [0.3, 0.4) is 0 Å².